The zero-order valence-corrected chi connectivity index (χ0v) is 8.21. The Balaban J connectivity index is 1.79. The minimum absolute atomic E-state index is 0.803. The Kier molecular flexibility index (Phi) is 2.37. The molecule has 0 aromatic rings. The minimum Gasteiger partial charge on any atom is -0.313 e. The van der Waals surface area contributed by atoms with Crippen LogP contribution in [-0.2, 0) is 0 Å². The quantitative estimate of drug-likeness (QED) is 0.663. The number of nitrogens with one attached hydrogen (secondary N) is 1. The van der Waals surface area contributed by atoms with Gasteiger partial charge in [0, 0.05) is 18.6 Å². The van der Waals surface area contributed by atoms with Crippen molar-refractivity contribution in [2.75, 3.05) is 19.6 Å². The van der Waals surface area contributed by atoms with Gasteiger partial charge in [0.2, 0.25) is 0 Å². The summed E-state index contributed by atoms with van der Waals surface area (Å²) in [5, 5.41) is 3.47. The Morgan fingerprint density at radius 2 is 2.08 bits per heavy atom. The molecule has 70 valence electrons. The molecule has 0 bridgehead atoms. The van der Waals surface area contributed by atoms with Gasteiger partial charge in [-0.2, -0.15) is 0 Å². The fourth-order valence-corrected chi connectivity index (χ4v) is 2.22. The van der Waals surface area contributed by atoms with Gasteiger partial charge in [-0.05, 0) is 38.8 Å². The topological polar surface area (TPSA) is 15.3 Å². The van der Waals surface area contributed by atoms with Crippen LogP contribution in [0.1, 0.15) is 26.7 Å². The predicted molar refractivity (Wildman–Crippen MR) is 51.2 cm³/mol. The molecule has 2 heteroatoms. The van der Waals surface area contributed by atoms with Gasteiger partial charge in [-0.25, -0.2) is 0 Å². The lowest BCUT2D eigenvalue weighted by Gasteiger charge is -2.34. The predicted octanol–water partition coefficient (Wildman–Crippen LogP) is 1.08. The molecule has 2 aliphatic rings. The van der Waals surface area contributed by atoms with Crippen molar-refractivity contribution >= 4 is 0 Å². The maximum Gasteiger partial charge on any atom is 0.0207 e. The number of hydrogen-bond donors (Lipinski definition) is 1. The maximum absolute atomic E-state index is 3.47. The first-order chi connectivity index (χ1) is 5.77. The van der Waals surface area contributed by atoms with E-state index in [9.17, 15) is 0 Å². The van der Waals surface area contributed by atoms with E-state index in [0.717, 1.165) is 18.0 Å². The highest BCUT2D eigenvalue weighted by Gasteiger charge is 2.30. The van der Waals surface area contributed by atoms with Crippen LogP contribution in [-0.4, -0.2) is 36.6 Å². The highest BCUT2D eigenvalue weighted by Crippen LogP contribution is 2.24. The number of nitrogens with zero attached hydrogens (tertiary/aromatic N) is 1. The fraction of sp³-hybridized carbons (Fsp3) is 1.00. The van der Waals surface area contributed by atoms with Crippen molar-refractivity contribution in [2.24, 2.45) is 5.92 Å². The van der Waals surface area contributed by atoms with E-state index in [-0.39, 0.29) is 0 Å². The van der Waals surface area contributed by atoms with Gasteiger partial charge >= 0.3 is 0 Å². The molecular weight excluding hydrogens is 148 g/mol. The van der Waals surface area contributed by atoms with Gasteiger partial charge in [0.05, 0.1) is 0 Å². The van der Waals surface area contributed by atoms with Gasteiger partial charge < -0.3 is 5.32 Å². The molecule has 2 heterocycles. The van der Waals surface area contributed by atoms with Crippen LogP contribution in [0.25, 0.3) is 0 Å². The third kappa shape index (κ3) is 1.50. The van der Waals surface area contributed by atoms with Crippen LogP contribution in [0.15, 0.2) is 0 Å². The molecule has 2 fully saturated rings. The van der Waals surface area contributed by atoms with Crippen LogP contribution in [0, 0.1) is 5.92 Å². The maximum atomic E-state index is 3.47. The molecule has 3 atom stereocenters. The summed E-state index contributed by atoms with van der Waals surface area (Å²) in [5.41, 5.74) is 0. The first-order valence-electron chi connectivity index (χ1n) is 5.25. The minimum atomic E-state index is 0.803. The average molecular weight is 168 g/mol. The molecule has 2 nitrogen and oxygen atoms in total. The van der Waals surface area contributed by atoms with Gasteiger partial charge in [0.25, 0.3) is 0 Å². The number of hydrogen-bond acceptors (Lipinski definition) is 2. The van der Waals surface area contributed by atoms with Gasteiger partial charge in [-0.1, -0.05) is 6.92 Å². The summed E-state index contributed by atoms with van der Waals surface area (Å²) in [6.07, 6.45) is 2.78. The van der Waals surface area contributed by atoms with Crippen molar-refractivity contribution in [3.8, 4) is 0 Å². The first-order valence-corrected chi connectivity index (χ1v) is 5.25. The normalized spacial score (nSPS) is 43.0. The van der Waals surface area contributed by atoms with Crippen molar-refractivity contribution < 1.29 is 0 Å². The Hall–Kier alpha value is -0.0800. The Morgan fingerprint density at radius 1 is 1.33 bits per heavy atom. The van der Waals surface area contributed by atoms with Gasteiger partial charge in [-0.15, -0.1) is 0 Å². The molecule has 3 unspecified atom stereocenters. The van der Waals surface area contributed by atoms with E-state index in [1.807, 2.05) is 0 Å². The van der Waals surface area contributed by atoms with Crippen LogP contribution >= 0.6 is 0 Å². The van der Waals surface area contributed by atoms with Crippen LogP contribution in [0.2, 0.25) is 0 Å². The highest BCUT2D eigenvalue weighted by atomic mass is 15.2. The zero-order valence-electron chi connectivity index (χ0n) is 8.21. The van der Waals surface area contributed by atoms with E-state index >= 15 is 0 Å². The van der Waals surface area contributed by atoms with E-state index in [2.05, 4.69) is 24.1 Å². The lowest BCUT2D eigenvalue weighted by Crippen LogP contribution is -2.51. The van der Waals surface area contributed by atoms with Crippen LogP contribution in [0.3, 0.4) is 0 Å². The highest BCUT2D eigenvalue weighted by molar-refractivity contribution is 4.87. The van der Waals surface area contributed by atoms with Crippen molar-refractivity contribution in [1.29, 1.82) is 0 Å². The molecule has 0 saturated carbocycles. The van der Waals surface area contributed by atoms with Gasteiger partial charge in [0.1, 0.15) is 0 Å². The molecule has 0 amide bonds. The van der Waals surface area contributed by atoms with Gasteiger partial charge in [0.15, 0.2) is 0 Å². The third-order valence-corrected chi connectivity index (χ3v) is 3.65. The van der Waals surface area contributed by atoms with Crippen molar-refractivity contribution in [3.63, 3.8) is 0 Å². The second-order valence-electron chi connectivity index (χ2n) is 4.44. The lowest BCUT2D eigenvalue weighted by molar-refractivity contribution is 0.191. The molecule has 0 aliphatic carbocycles. The summed E-state index contributed by atoms with van der Waals surface area (Å²) in [6.45, 7) is 8.59. The molecule has 0 aromatic carbocycles. The summed E-state index contributed by atoms with van der Waals surface area (Å²) in [7, 11) is 0. The molecule has 0 spiro atoms. The van der Waals surface area contributed by atoms with Crippen LogP contribution < -0.4 is 5.32 Å². The number of likely N-dealkylation sites (tertiary alicyclic amines) is 1. The zero-order chi connectivity index (χ0) is 8.55. The van der Waals surface area contributed by atoms with Crippen molar-refractivity contribution in [2.45, 2.75) is 38.8 Å². The Bertz CT molecular complexity index is 154. The second-order valence-corrected chi connectivity index (χ2v) is 4.44. The van der Waals surface area contributed by atoms with Crippen molar-refractivity contribution in [1.82, 2.24) is 10.2 Å². The van der Waals surface area contributed by atoms with E-state index in [1.165, 1.54) is 32.5 Å². The Labute approximate surface area is 75.3 Å². The molecule has 0 aromatic heterocycles. The lowest BCUT2D eigenvalue weighted by atomic mass is 10.0. The van der Waals surface area contributed by atoms with E-state index < -0.39 is 0 Å². The fourth-order valence-electron chi connectivity index (χ4n) is 2.22. The molecule has 2 rings (SSSR count). The largest absolute Gasteiger partial charge is 0.313 e. The van der Waals surface area contributed by atoms with E-state index in [0.29, 0.717) is 0 Å². The first kappa shape index (κ1) is 8.52. The van der Waals surface area contributed by atoms with Crippen LogP contribution in [0.5, 0.6) is 0 Å². The molecular formula is C10H20N2. The SMILES string of the molecule is CC1CCN(CC2CCN2)C1C. The summed E-state index contributed by atoms with van der Waals surface area (Å²) in [5.74, 6) is 0.907. The molecule has 1 N–H and O–H groups in total. The summed E-state index contributed by atoms with van der Waals surface area (Å²) < 4.78 is 0. The molecule has 2 aliphatic heterocycles. The second kappa shape index (κ2) is 3.35. The number of rotatable bonds is 2. The summed E-state index contributed by atoms with van der Waals surface area (Å²) >= 11 is 0. The third-order valence-electron chi connectivity index (χ3n) is 3.65. The Morgan fingerprint density at radius 3 is 2.50 bits per heavy atom. The average Bonchev–Trinajstić information content (AvgIpc) is 2.27. The summed E-state index contributed by atoms with van der Waals surface area (Å²) in [6, 6.07) is 1.62. The van der Waals surface area contributed by atoms with E-state index in [1.54, 1.807) is 0 Å². The summed E-state index contributed by atoms with van der Waals surface area (Å²) in [4.78, 5) is 2.64. The monoisotopic (exact) mass is 168 g/mol. The van der Waals surface area contributed by atoms with Crippen LogP contribution in [0.4, 0.5) is 0 Å². The standard InChI is InChI=1S/C10H20N2/c1-8-4-6-12(9(8)2)7-10-3-5-11-10/h8-11H,3-7H2,1-2H3. The molecule has 2 saturated heterocycles. The molecule has 0 radical (unpaired) electrons. The smallest absolute Gasteiger partial charge is 0.0207 e. The van der Waals surface area contributed by atoms with Crippen molar-refractivity contribution in [3.05, 3.63) is 0 Å². The van der Waals surface area contributed by atoms with Gasteiger partial charge in [-0.3, -0.25) is 4.90 Å². The van der Waals surface area contributed by atoms with E-state index in [4.69, 9.17) is 0 Å². The molecule has 12 heavy (non-hydrogen) atoms.